The average Bonchev–Trinajstić information content (AvgIpc) is 2.01. The number of carboxylic acids is 1. The van der Waals surface area contributed by atoms with E-state index in [9.17, 15) is 4.79 Å². The summed E-state index contributed by atoms with van der Waals surface area (Å²) in [6.07, 6.45) is 0. The summed E-state index contributed by atoms with van der Waals surface area (Å²) in [6.45, 7) is 0. The summed E-state index contributed by atoms with van der Waals surface area (Å²) in [5.74, 6) is -0.973. The molecule has 0 aliphatic rings. The zero-order chi connectivity index (χ0) is 10.0. The molecule has 4 nitrogen and oxygen atoms in total. The fourth-order valence-electron chi connectivity index (χ4n) is 0.970. The Balaban J connectivity index is 3.38. The van der Waals surface area contributed by atoms with Crippen LogP contribution in [0.1, 0.15) is 10.4 Å². The lowest BCUT2D eigenvalue weighted by Gasteiger charge is -2.07. The van der Waals surface area contributed by atoms with Crippen LogP contribution in [0.5, 0.6) is 5.75 Å². The first-order chi connectivity index (χ1) is 6.06. The van der Waals surface area contributed by atoms with Crippen LogP contribution in [0.3, 0.4) is 0 Å². The Morgan fingerprint density at radius 3 is 2.69 bits per heavy atom. The van der Waals surface area contributed by atoms with Gasteiger partial charge in [0.25, 0.3) is 0 Å². The van der Waals surface area contributed by atoms with Crippen molar-refractivity contribution in [1.29, 1.82) is 0 Å². The molecule has 0 aliphatic carbocycles. The third-order valence-corrected chi connectivity index (χ3v) is 1.81. The number of nitrogen functional groups attached to an aromatic ring is 1. The second-order valence-corrected chi connectivity index (χ2v) is 2.79. The molecule has 5 heteroatoms. The van der Waals surface area contributed by atoms with Gasteiger partial charge in [-0.05, 0) is 6.07 Å². The van der Waals surface area contributed by atoms with Crippen LogP contribution >= 0.6 is 11.6 Å². The molecule has 0 saturated heterocycles. The van der Waals surface area contributed by atoms with E-state index >= 15 is 0 Å². The maximum absolute atomic E-state index is 10.7. The molecule has 0 aromatic heterocycles. The Bertz CT molecular complexity index is 351. The van der Waals surface area contributed by atoms with Crippen molar-refractivity contribution in [1.82, 2.24) is 0 Å². The van der Waals surface area contributed by atoms with Gasteiger partial charge in [-0.2, -0.15) is 0 Å². The predicted octanol–water partition coefficient (Wildman–Crippen LogP) is 1.63. The number of anilines is 1. The monoisotopic (exact) mass is 201 g/mol. The third kappa shape index (κ3) is 1.84. The third-order valence-electron chi connectivity index (χ3n) is 1.51. The predicted molar refractivity (Wildman–Crippen MR) is 49.4 cm³/mol. The lowest BCUT2D eigenvalue weighted by atomic mass is 10.2. The Morgan fingerprint density at radius 1 is 1.62 bits per heavy atom. The molecule has 0 heterocycles. The molecule has 0 unspecified atom stereocenters. The van der Waals surface area contributed by atoms with E-state index in [0.717, 1.165) is 0 Å². The highest BCUT2D eigenvalue weighted by Gasteiger charge is 2.15. The molecule has 3 N–H and O–H groups in total. The molecule has 0 fully saturated rings. The quantitative estimate of drug-likeness (QED) is 0.714. The standard InChI is InChI=1S/C8H8ClNO3/c1-13-6-3-4(10)2-5(9)7(6)8(11)12/h2-3H,10H2,1H3,(H,11,12). The molecule has 1 aromatic carbocycles. The fraction of sp³-hybridized carbons (Fsp3) is 0.125. The minimum absolute atomic E-state index is 0.0710. The molecule has 0 bridgehead atoms. The fourth-order valence-corrected chi connectivity index (χ4v) is 1.27. The van der Waals surface area contributed by atoms with E-state index in [2.05, 4.69) is 0 Å². The SMILES string of the molecule is COc1cc(N)cc(Cl)c1C(=O)O. The molecule has 13 heavy (non-hydrogen) atoms. The second kappa shape index (κ2) is 3.53. The first kappa shape index (κ1) is 9.67. The van der Waals surface area contributed by atoms with Gasteiger partial charge in [0.1, 0.15) is 11.3 Å². The lowest BCUT2D eigenvalue weighted by molar-refractivity contribution is 0.0693. The second-order valence-electron chi connectivity index (χ2n) is 2.39. The Morgan fingerprint density at radius 2 is 2.23 bits per heavy atom. The number of hydrogen-bond acceptors (Lipinski definition) is 3. The first-order valence-electron chi connectivity index (χ1n) is 3.42. The Kier molecular flexibility index (Phi) is 2.63. The summed E-state index contributed by atoms with van der Waals surface area (Å²) in [6, 6.07) is 2.78. The van der Waals surface area contributed by atoms with Crippen molar-refractivity contribution in [2.24, 2.45) is 0 Å². The normalized spacial score (nSPS) is 9.69. The van der Waals surface area contributed by atoms with Crippen molar-refractivity contribution >= 4 is 23.3 Å². The zero-order valence-electron chi connectivity index (χ0n) is 6.87. The van der Waals surface area contributed by atoms with Gasteiger partial charge in [0.05, 0.1) is 12.1 Å². The number of aromatic carboxylic acids is 1. The number of benzene rings is 1. The van der Waals surface area contributed by atoms with Crippen molar-refractivity contribution in [3.05, 3.63) is 22.7 Å². The van der Waals surface area contributed by atoms with Crippen LogP contribution in [0.25, 0.3) is 0 Å². The number of halogens is 1. The molecule has 1 rings (SSSR count). The molecule has 70 valence electrons. The van der Waals surface area contributed by atoms with E-state index in [1.165, 1.54) is 19.2 Å². The van der Waals surface area contributed by atoms with E-state index in [-0.39, 0.29) is 16.3 Å². The number of nitrogens with two attached hydrogens (primary N) is 1. The van der Waals surface area contributed by atoms with Crippen molar-refractivity contribution in [3.63, 3.8) is 0 Å². The van der Waals surface area contributed by atoms with Gasteiger partial charge in [0, 0.05) is 11.8 Å². The van der Waals surface area contributed by atoms with Crippen molar-refractivity contribution in [2.45, 2.75) is 0 Å². The summed E-state index contributed by atoms with van der Waals surface area (Å²) in [4.78, 5) is 10.7. The minimum Gasteiger partial charge on any atom is -0.496 e. The average molecular weight is 202 g/mol. The number of carboxylic acid groups (broad SMARTS) is 1. The Labute approximate surface area is 79.9 Å². The summed E-state index contributed by atoms with van der Waals surface area (Å²) in [5, 5.41) is 8.84. The van der Waals surface area contributed by atoms with Crippen LogP contribution < -0.4 is 10.5 Å². The smallest absolute Gasteiger partial charge is 0.341 e. The number of rotatable bonds is 2. The zero-order valence-corrected chi connectivity index (χ0v) is 7.63. The van der Waals surface area contributed by atoms with Gasteiger partial charge in [-0.3, -0.25) is 0 Å². The van der Waals surface area contributed by atoms with Gasteiger partial charge in [0.15, 0.2) is 0 Å². The highest BCUT2D eigenvalue weighted by atomic mass is 35.5. The van der Waals surface area contributed by atoms with Crippen molar-refractivity contribution < 1.29 is 14.6 Å². The van der Waals surface area contributed by atoms with Gasteiger partial charge in [-0.15, -0.1) is 0 Å². The van der Waals surface area contributed by atoms with E-state index in [1.807, 2.05) is 0 Å². The molecule has 0 aliphatic heterocycles. The van der Waals surface area contributed by atoms with Crippen LogP contribution in [-0.2, 0) is 0 Å². The van der Waals surface area contributed by atoms with Crippen LogP contribution in [0.2, 0.25) is 5.02 Å². The Hall–Kier alpha value is -1.42. The van der Waals surface area contributed by atoms with E-state index in [1.54, 1.807) is 0 Å². The maximum atomic E-state index is 10.7. The molecular weight excluding hydrogens is 194 g/mol. The molecule has 0 radical (unpaired) electrons. The summed E-state index contributed by atoms with van der Waals surface area (Å²) < 4.78 is 4.82. The largest absolute Gasteiger partial charge is 0.496 e. The minimum atomic E-state index is -1.14. The van der Waals surface area contributed by atoms with Gasteiger partial charge in [0.2, 0.25) is 0 Å². The van der Waals surface area contributed by atoms with Crippen molar-refractivity contribution in [3.8, 4) is 5.75 Å². The topological polar surface area (TPSA) is 72.5 Å². The summed E-state index contributed by atoms with van der Waals surface area (Å²) in [7, 11) is 1.36. The number of ether oxygens (including phenoxy) is 1. The number of carbonyl (C=O) groups is 1. The van der Waals surface area contributed by atoms with E-state index in [0.29, 0.717) is 5.69 Å². The van der Waals surface area contributed by atoms with Crippen LogP contribution in [0.4, 0.5) is 5.69 Å². The molecule has 0 spiro atoms. The van der Waals surface area contributed by atoms with Gasteiger partial charge >= 0.3 is 5.97 Å². The van der Waals surface area contributed by atoms with Crippen LogP contribution in [0.15, 0.2) is 12.1 Å². The summed E-state index contributed by atoms with van der Waals surface area (Å²) >= 11 is 5.67. The molecule has 1 aromatic rings. The van der Waals surface area contributed by atoms with Gasteiger partial charge in [-0.25, -0.2) is 4.79 Å². The highest BCUT2D eigenvalue weighted by Crippen LogP contribution is 2.29. The highest BCUT2D eigenvalue weighted by molar-refractivity contribution is 6.34. The van der Waals surface area contributed by atoms with E-state index < -0.39 is 5.97 Å². The lowest BCUT2D eigenvalue weighted by Crippen LogP contribution is -2.02. The van der Waals surface area contributed by atoms with Gasteiger partial charge in [-0.1, -0.05) is 11.6 Å². The van der Waals surface area contributed by atoms with Crippen LogP contribution in [-0.4, -0.2) is 18.2 Å². The number of methoxy groups -OCH3 is 1. The molecule has 0 amide bonds. The number of hydrogen-bond donors (Lipinski definition) is 2. The van der Waals surface area contributed by atoms with Crippen LogP contribution in [0, 0.1) is 0 Å². The van der Waals surface area contributed by atoms with Crippen molar-refractivity contribution in [2.75, 3.05) is 12.8 Å². The summed E-state index contributed by atoms with van der Waals surface area (Å²) in [5.41, 5.74) is 5.74. The first-order valence-corrected chi connectivity index (χ1v) is 3.80. The molecule has 0 saturated carbocycles. The van der Waals surface area contributed by atoms with E-state index in [4.69, 9.17) is 27.2 Å². The molecular formula is C8H8ClNO3. The maximum Gasteiger partial charge on any atom is 0.341 e. The molecule has 0 atom stereocenters. The van der Waals surface area contributed by atoms with Gasteiger partial charge < -0.3 is 15.6 Å².